The zero-order valence-corrected chi connectivity index (χ0v) is 15.4. The van der Waals surface area contributed by atoms with E-state index in [9.17, 15) is 23.1 Å². The van der Waals surface area contributed by atoms with Gasteiger partial charge in [-0.1, -0.05) is 26.3 Å². The number of carboxylic acid groups (broad SMARTS) is 1. The first-order chi connectivity index (χ1) is 12.1. The van der Waals surface area contributed by atoms with E-state index >= 15 is 0 Å². The molecule has 1 aromatic carbocycles. The number of carbonyl (C=O) groups is 1. The van der Waals surface area contributed by atoms with Crippen LogP contribution in [0.1, 0.15) is 61.3 Å². The van der Waals surface area contributed by atoms with Crippen LogP contribution in [0.15, 0.2) is 12.1 Å². The molecule has 1 aromatic rings. The molecule has 0 bridgehead atoms. The zero-order chi connectivity index (χ0) is 19.5. The fourth-order valence-electron chi connectivity index (χ4n) is 3.55. The number of piperidine rings is 1. The minimum Gasteiger partial charge on any atom is -0.480 e. The summed E-state index contributed by atoms with van der Waals surface area (Å²) < 4.78 is 45.8. The average molecular weight is 373 g/mol. The molecule has 0 saturated carbocycles. The molecule has 1 fully saturated rings. The number of rotatable bonds is 6. The summed E-state index contributed by atoms with van der Waals surface area (Å²) in [6, 6.07) is 2.08. The Kier molecular flexibility index (Phi) is 6.69. The van der Waals surface area contributed by atoms with Crippen molar-refractivity contribution >= 4 is 5.97 Å². The molecular weight excluding hydrogens is 347 g/mol. The molecule has 0 aromatic heterocycles. The van der Waals surface area contributed by atoms with Gasteiger partial charge in [0.15, 0.2) is 0 Å². The van der Waals surface area contributed by atoms with Gasteiger partial charge < -0.3 is 9.84 Å². The van der Waals surface area contributed by atoms with Gasteiger partial charge in [-0.2, -0.15) is 13.2 Å². The summed E-state index contributed by atoms with van der Waals surface area (Å²) in [6.45, 7) is 4.39. The minimum atomic E-state index is -4.45. The molecule has 146 valence electrons. The van der Waals surface area contributed by atoms with Gasteiger partial charge in [0.05, 0.1) is 12.2 Å². The number of nitrogens with zero attached hydrogens (tertiary/aromatic N) is 1. The molecule has 7 heteroatoms. The molecule has 1 aliphatic heterocycles. The third-order valence-corrected chi connectivity index (χ3v) is 4.87. The highest BCUT2D eigenvalue weighted by molar-refractivity contribution is 5.73. The normalized spacial score (nSPS) is 19.1. The summed E-state index contributed by atoms with van der Waals surface area (Å²) in [5, 5.41) is 9.41. The van der Waals surface area contributed by atoms with E-state index in [1.165, 1.54) is 13.2 Å². The molecule has 0 aliphatic carbocycles. The first-order valence-corrected chi connectivity index (χ1v) is 8.83. The minimum absolute atomic E-state index is 0.178. The van der Waals surface area contributed by atoms with Crippen LogP contribution in [0.25, 0.3) is 0 Å². The maximum absolute atomic E-state index is 13.6. The first-order valence-electron chi connectivity index (χ1n) is 8.83. The Morgan fingerprint density at radius 2 is 2.00 bits per heavy atom. The molecule has 1 heterocycles. The van der Waals surface area contributed by atoms with Gasteiger partial charge in [-0.25, -0.2) is 0 Å². The molecular formula is C19H26F3NO3. The van der Waals surface area contributed by atoms with Gasteiger partial charge >= 0.3 is 12.1 Å². The van der Waals surface area contributed by atoms with Crippen LogP contribution in [0.3, 0.4) is 0 Å². The van der Waals surface area contributed by atoms with E-state index in [0.717, 1.165) is 12.8 Å². The van der Waals surface area contributed by atoms with Gasteiger partial charge in [0.2, 0.25) is 0 Å². The molecule has 1 atom stereocenters. The summed E-state index contributed by atoms with van der Waals surface area (Å²) in [7, 11) is 1.50. The van der Waals surface area contributed by atoms with E-state index in [0.29, 0.717) is 24.1 Å². The fourth-order valence-corrected chi connectivity index (χ4v) is 3.55. The van der Waals surface area contributed by atoms with Crippen LogP contribution in [0, 0.1) is 0 Å². The van der Waals surface area contributed by atoms with E-state index < -0.39 is 23.8 Å². The summed E-state index contributed by atoms with van der Waals surface area (Å²) in [5.74, 6) is -1.20. The lowest BCUT2D eigenvalue weighted by atomic mass is 9.91. The summed E-state index contributed by atoms with van der Waals surface area (Å²) in [6.07, 6.45) is -2.27. The number of benzene rings is 1. The van der Waals surface area contributed by atoms with Crippen LogP contribution < -0.4 is 0 Å². The van der Waals surface area contributed by atoms with Crippen molar-refractivity contribution in [3.8, 4) is 0 Å². The predicted molar refractivity (Wildman–Crippen MR) is 91.9 cm³/mol. The second-order valence-corrected chi connectivity index (χ2v) is 7.11. The maximum atomic E-state index is 13.6. The Morgan fingerprint density at radius 3 is 2.54 bits per heavy atom. The van der Waals surface area contributed by atoms with E-state index in [1.54, 1.807) is 24.8 Å². The highest BCUT2D eigenvalue weighted by atomic mass is 19.4. The van der Waals surface area contributed by atoms with Crippen molar-refractivity contribution in [1.82, 2.24) is 4.90 Å². The highest BCUT2D eigenvalue weighted by Gasteiger charge is 2.36. The summed E-state index contributed by atoms with van der Waals surface area (Å²) in [4.78, 5) is 13.2. The van der Waals surface area contributed by atoms with Crippen molar-refractivity contribution < 1.29 is 27.8 Å². The maximum Gasteiger partial charge on any atom is 0.416 e. The Morgan fingerprint density at radius 1 is 1.31 bits per heavy atom. The van der Waals surface area contributed by atoms with Gasteiger partial charge in [0, 0.05) is 13.7 Å². The SMILES string of the molecule is COCc1cc(C(C)C)c(C(F)(F)F)cc1CN1CCCC[C@H]1C(=O)O. The van der Waals surface area contributed by atoms with Crippen LogP contribution in [0.2, 0.25) is 0 Å². The Bertz CT molecular complexity index is 644. The van der Waals surface area contributed by atoms with E-state index in [4.69, 9.17) is 4.74 Å². The van der Waals surface area contributed by atoms with Gasteiger partial charge in [0.25, 0.3) is 0 Å². The lowest BCUT2D eigenvalue weighted by Crippen LogP contribution is -2.44. The number of alkyl halides is 3. The number of carboxylic acids is 1. The van der Waals surface area contributed by atoms with Crippen molar-refractivity contribution in [2.24, 2.45) is 0 Å². The standard InChI is InChI=1S/C19H26F3NO3/c1-12(2)15-8-14(11-26-3)13(9-16(15)19(20,21)22)10-23-7-5-4-6-17(23)18(24)25/h8-9,12,17H,4-7,10-11H2,1-3H3,(H,24,25)/t17-/m0/s1. The summed E-state index contributed by atoms with van der Waals surface area (Å²) in [5.41, 5.74) is 0.753. The topological polar surface area (TPSA) is 49.8 Å². The number of hydrogen-bond acceptors (Lipinski definition) is 3. The molecule has 4 nitrogen and oxygen atoms in total. The number of ether oxygens (including phenoxy) is 1. The second-order valence-electron chi connectivity index (χ2n) is 7.11. The van der Waals surface area contributed by atoms with Crippen molar-refractivity contribution in [1.29, 1.82) is 0 Å². The monoisotopic (exact) mass is 373 g/mol. The molecule has 1 saturated heterocycles. The largest absolute Gasteiger partial charge is 0.480 e. The third kappa shape index (κ3) is 4.76. The molecule has 0 unspecified atom stereocenters. The van der Waals surface area contributed by atoms with Crippen LogP contribution in [0.5, 0.6) is 0 Å². The number of halogens is 3. The van der Waals surface area contributed by atoms with Crippen molar-refractivity contribution in [3.05, 3.63) is 34.4 Å². The summed E-state index contributed by atoms with van der Waals surface area (Å²) >= 11 is 0. The van der Waals surface area contributed by atoms with Crippen LogP contribution in [-0.2, 0) is 28.9 Å². The molecule has 2 rings (SSSR count). The smallest absolute Gasteiger partial charge is 0.416 e. The lowest BCUT2D eigenvalue weighted by Gasteiger charge is -2.33. The molecule has 0 spiro atoms. The molecule has 26 heavy (non-hydrogen) atoms. The molecule has 0 radical (unpaired) electrons. The van der Waals surface area contributed by atoms with E-state index in [1.807, 2.05) is 0 Å². The van der Waals surface area contributed by atoms with Crippen molar-refractivity contribution in [3.63, 3.8) is 0 Å². The van der Waals surface area contributed by atoms with Gasteiger partial charge in [-0.05, 0) is 48.1 Å². The Balaban J connectivity index is 2.46. The number of methoxy groups -OCH3 is 1. The molecule has 1 aliphatic rings. The second kappa shape index (κ2) is 8.39. The number of aliphatic carboxylic acids is 1. The Labute approximate surface area is 151 Å². The van der Waals surface area contributed by atoms with Crippen molar-refractivity contribution in [2.45, 2.75) is 64.4 Å². The number of likely N-dealkylation sites (tertiary alicyclic amines) is 1. The Hall–Kier alpha value is -1.60. The molecule has 1 N–H and O–H groups in total. The fraction of sp³-hybridized carbons (Fsp3) is 0.632. The van der Waals surface area contributed by atoms with Crippen LogP contribution in [-0.4, -0.2) is 35.7 Å². The zero-order valence-electron chi connectivity index (χ0n) is 15.4. The van der Waals surface area contributed by atoms with Crippen LogP contribution in [0.4, 0.5) is 13.2 Å². The predicted octanol–water partition coefficient (Wildman–Crippen LogP) is 4.41. The van der Waals surface area contributed by atoms with Gasteiger partial charge in [0.1, 0.15) is 6.04 Å². The lowest BCUT2D eigenvalue weighted by molar-refractivity contribution is -0.145. The van der Waals surface area contributed by atoms with Crippen LogP contribution >= 0.6 is 0 Å². The third-order valence-electron chi connectivity index (χ3n) is 4.87. The van der Waals surface area contributed by atoms with E-state index in [2.05, 4.69) is 0 Å². The van der Waals surface area contributed by atoms with Gasteiger partial charge in [-0.3, -0.25) is 9.69 Å². The highest BCUT2D eigenvalue weighted by Crippen LogP contribution is 2.37. The van der Waals surface area contributed by atoms with Gasteiger partial charge in [-0.15, -0.1) is 0 Å². The molecule has 0 amide bonds. The van der Waals surface area contributed by atoms with Crippen molar-refractivity contribution in [2.75, 3.05) is 13.7 Å². The quantitative estimate of drug-likeness (QED) is 0.802. The average Bonchev–Trinajstić information content (AvgIpc) is 2.55. The first kappa shape index (κ1) is 20.7. The number of hydrogen-bond donors (Lipinski definition) is 1. The van der Waals surface area contributed by atoms with E-state index in [-0.39, 0.29) is 24.6 Å².